The summed E-state index contributed by atoms with van der Waals surface area (Å²) in [5.41, 5.74) is 1.21. The third-order valence-electron chi connectivity index (χ3n) is 10.3. The van der Waals surface area contributed by atoms with E-state index >= 15 is 0 Å². The lowest BCUT2D eigenvalue weighted by Crippen LogP contribution is -2.58. The van der Waals surface area contributed by atoms with E-state index in [-0.39, 0.29) is 11.2 Å². The minimum atomic E-state index is 0.266. The van der Waals surface area contributed by atoms with E-state index in [9.17, 15) is 0 Å². The van der Waals surface area contributed by atoms with Crippen molar-refractivity contribution in [1.29, 1.82) is 0 Å². The fraction of sp³-hybridized carbons (Fsp3) is 1.00. The summed E-state index contributed by atoms with van der Waals surface area (Å²) in [6.45, 7) is 21.5. The Labute approximate surface area is 198 Å². The average Bonchev–Trinajstić information content (AvgIpc) is 2.67. The van der Waals surface area contributed by atoms with Crippen molar-refractivity contribution in [3.63, 3.8) is 0 Å². The Hall–Kier alpha value is -0.120. The summed E-state index contributed by atoms with van der Waals surface area (Å²) in [7, 11) is 0. The minimum absolute atomic E-state index is 0.266. The van der Waals surface area contributed by atoms with Crippen molar-refractivity contribution >= 4 is 0 Å². The molecule has 0 N–H and O–H groups in total. The second kappa shape index (κ2) is 9.15. The van der Waals surface area contributed by atoms with Crippen LogP contribution in [0.2, 0.25) is 0 Å². The Morgan fingerprint density at radius 2 is 1.31 bits per heavy atom. The molecule has 2 atom stereocenters. The van der Waals surface area contributed by atoms with Crippen LogP contribution in [0.15, 0.2) is 0 Å². The molecule has 3 saturated carbocycles. The van der Waals surface area contributed by atoms with Crippen LogP contribution < -0.4 is 0 Å². The van der Waals surface area contributed by atoms with Crippen LogP contribution in [-0.4, -0.2) is 37.1 Å². The molecule has 32 heavy (non-hydrogen) atoms. The average molecular weight is 449 g/mol. The van der Waals surface area contributed by atoms with E-state index in [1.807, 2.05) is 0 Å². The van der Waals surface area contributed by atoms with Crippen LogP contribution in [0.5, 0.6) is 0 Å². The SMILES string of the molecule is CC(C)C12CCOC(C)(C1)C2.CC(C)C1COC2(C)CC1C2.CC(C)C1COC2CC1C2. The molecule has 3 aliphatic carbocycles. The monoisotopic (exact) mass is 448 g/mol. The number of ether oxygens (including phenoxy) is 3. The molecule has 9 rings (SSSR count). The summed E-state index contributed by atoms with van der Waals surface area (Å²) in [5, 5.41) is 0. The zero-order valence-corrected chi connectivity index (χ0v) is 22.4. The van der Waals surface area contributed by atoms with Gasteiger partial charge < -0.3 is 14.2 Å². The first kappa shape index (κ1) is 25.0. The summed E-state index contributed by atoms with van der Waals surface area (Å²) in [5.74, 6) is 6.19. The molecule has 6 saturated heterocycles. The van der Waals surface area contributed by atoms with E-state index in [0.29, 0.717) is 11.5 Å². The van der Waals surface area contributed by atoms with Gasteiger partial charge in [0.1, 0.15) is 0 Å². The van der Waals surface area contributed by atoms with Gasteiger partial charge in [-0.25, -0.2) is 0 Å². The molecular weight excluding hydrogens is 396 g/mol. The van der Waals surface area contributed by atoms with Gasteiger partial charge in [-0.05, 0) is 106 Å². The number of fused-ring (bicyclic) bond motifs is 6. The summed E-state index contributed by atoms with van der Waals surface area (Å²) in [6, 6.07) is 0. The first-order valence-corrected chi connectivity index (χ1v) is 13.8. The van der Waals surface area contributed by atoms with Crippen LogP contribution in [-0.2, 0) is 14.2 Å². The Bertz CT molecular complexity index is 612. The lowest BCUT2D eigenvalue weighted by molar-refractivity contribution is -0.229. The van der Waals surface area contributed by atoms with Crippen LogP contribution in [0.4, 0.5) is 0 Å². The maximum atomic E-state index is 5.81. The molecule has 0 radical (unpaired) electrons. The van der Waals surface area contributed by atoms with Crippen molar-refractivity contribution < 1.29 is 14.2 Å². The Morgan fingerprint density at radius 1 is 0.719 bits per heavy atom. The maximum absolute atomic E-state index is 5.81. The van der Waals surface area contributed by atoms with Crippen LogP contribution >= 0.6 is 0 Å². The van der Waals surface area contributed by atoms with Crippen molar-refractivity contribution in [2.45, 2.75) is 118 Å². The van der Waals surface area contributed by atoms with Gasteiger partial charge in [-0.3, -0.25) is 0 Å². The van der Waals surface area contributed by atoms with Crippen molar-refractivity contribution in [1.82, 2.24) is 0 Å². The third kappa shape index (κ3) is 4.96. The van der Waals surface area contributed by atoms with Gasteiger partial charge in [0.2, 0.25) is 0 Å². The molecule has 0 aromatic heterocycles. The van der Waals surface area contributed by atoms with Gasteiger partial charge in [-0.15, -0.1) is 0 Å². The second-order valence-electron chi connectivity index (χ2n) is 13.9. The highest BCUT2D eigenvalue weighted by Crippen LogP contribution is 2.60. The molecule has 9 aliphatic rings. The van der Waals surface area contributed by atoms with Crippen LogP contribution in [0.3, 0.4) is 0 Å². The van der Waals surface area contributed by atoms with Crippen molar-refractivity contribution in [2.75, 3.05) is 19.8 Å². The fourth-order valence-electron chi connectivity index (χ4n) is 7.77. The van der Waals surface area contributed by atoms with Crippen molar-refractivity contribution in [3.05, 3.63) is 0 Å². The highest BCUT2D eigenvalue weighted by atomic mass is 16.5. The summed E-state index contributed by atoms with van der Waals surface area (Å²) in [4.78, 5) is 0. The highest BCUT2D eigenvalue weighted by Gasteiger charge is 2.56. The molecule has 0 aromatic carbocycles. The van der Waals surface area contributed by atoms with Gasteiger partial charge >= 0.3 is 0 Å². The summed E-state index contributed by atoms with van der Waals surface area (Å²) >= 11 is 0. The molecule has 0 spiro atoms. The van der Waals surface area contributed by atoms with Gasteiger partial charge in [-0.2, -0.15) is 0 Å². The standard InChI is InChI=1S/2C10H18O.C9H16O/c1-7(2)9-6-11-10(3)4-8(9)5-10;1-8(2)10-4-5-11-9(3,6-10)7-10;1-6(2)9-5-10-8-3-7(9)4-8/h7-9H,4-6H2,1-3H3;8H,4-7H2,1-3H3;6-9H,3-5H2,1-2H3. The van der Waals surface area contributed by atoms with E-state index in [0.717, 1.165) is 61.2 Å². The molecule has 3 nitrogen and oxygen atoms in total. The van der Waals surface area contributed by atoms with E-state index in [4.69, 9.17) is 14.2 Å². The van der Waals surface area contributed by atoms with Gasteiger partial charge in [0.15, 0.2) is 0 Å². The minimum Gasteiger partial charge on any atom is -0.378 e. The van der Waals surface area contributed by atoms with Gasteiger partial charge in [0.25, 0.3) is 0 Å². The lowest BCUT2D eigenvalue weighted by atomic mass is 9.52. The summed E-state index contributed by atoms with van der Waals surface area (Å²) in [6.07, 6.45) is 9.88. The number of rotatable bonds is 3. The van der Waals surface area contributed by atoms with Crippen LogP contribution in [0.25, 0.3) is 0 Å². The molecule has 3 heteroatoms. The Balaban J connectivity index is 0.000000115. The molecule has 186 valence electrons. The van der Waals surface area contributed by atoms with E-state index in [2.05, 4.69) is 55.4 Å². The van der Waals surface area contributed by atoms with Gasteiger partial charge in [0, 0.05) is 6.61 Å². The Morgan fingerprint density at radius 3 is 1.66 bits per heavy atom. The van der Waals surface area contributed by atoms with E-state index < -0.39 is 0 Å². The van der Waals surface area contributed by atoms with Crippen molar-refractivity contribution in [2.24, 2.45) is 46.8 Å². The molecule has 9 fully saturated rings. The van der Waals surface area contributed by atoms with Gasteiger partial charge in [-0.1, -0.05) is 41.5 Å². The van der Waals surface area contributed by atoms with Crippen LogP contribution in [0, 0.1) is 46.8 Å². The zero-order valence-electron chi connectivity index (χ0n) is 22.4. The van der Waals surface area contributed by atoms with E-state index in [1.54, 1.807) is 0 Å². The van der Waals surface area contributed by atoms with E-state index in [1.165, 1.54) is 44.9 Å². The molecule has 6 aliphatic heterocycles. The first-order chi connectivity index (χ1) is 14.9. The third-order valence-corrected chi connectivity index (χ3v) is 10.3. The largest absolute Gasteiger partial charge is 0.378 e. The quantitative estimate of drug-likeness (QED) is 0.460. The first-order valence-electron chi connectivity index (χ1n) is 13.8. The molecule has 0 aromatic rings. The molecular formula is C29H52O3. The lowest BCUT2D eigenvalue weighted by Gasteiger charge is -2.61. The predicted molar refractivity (Wildman–Crippen MR) is 132 cm³/mol. The van der Waals surface area contributed by atoms with Crippen molar-refractivity contribution in [3.8, 4) is 0 Å². The Kier molecular flexibility index (Phi) is 7.15. The zero-order chi connectivity index (χ0) is 23.3. The fourth-order valence-corrected chi connectivity index (χ4v) is 7.77. The summed E-state index contributed by atoms with van der Waals surface area (Å²) < 4.78 is 17.1. The molecule has 6 bridgehead atoms. The topological polar surface area (TPSA) is 27.7 Å². The molecule has 6 heterocycles. The second-order valence-corrected chi connectivity index (χ2v) is 13.9. The number of hydrogen-bond donors (Lipinski definition) is 0. The smallest absolute Gasteiger partial charge is 0.0665 e. The van der Waals surface area contributed by atoms with Crippen LogP contribution in [0.1, 0.15) is 100 Å². The predicted octanol–water partition coefficient (Wildman–Crippen LogP) is 7.13. The highest BCUT2D eigenvalue weighted by molar-refractivity contribution is 5.07. The van der Waals surface area contributed by atoms with Gasteiger partial charge in [0.05, 0.1) is 30.5 Å². The molecule has 0 amide bonds. The normalized spacial score (nSPS) is 47.9. The maximum Gasteiger partial charge on any atom is 0.0665 e. The molecule has 2 unspecified atom stereocenters. The number of hydrogen-bond acceptors (Lipinski definition) is 3.